The molecule has 0 fully saturated rings. The molecule has 146 valence electrons. The van der Waals surface area contributed by atoms with Gasteiger partial charge in [-0.2, -0.15) is 0 Å². The SMILES string of the molecule is c1ccc(C(Sc2nnc(-c3ccco3)n2-c2ccccc2)c2ccccc2)cc1. The monoisotopic (exact) mass is 409 g/mol. The van der Waals surface area contributed by atoms with E-state index in [1.54, 1.807) is 18.0 Å². The van der Waals surface area contributed by atoms with E-state index in [0.717, 1.165) is 10.8 Å². The van der Waals surface area contributed by atoms with Crippen LogP contribution in [0.2, 0.25) is 0 Å². The van der Waals surface area contributed by atoms with Crippen molar-refractivity contribution in [2.24, 2.45) is 0 Å². The summed E-state index contributed by atoms with van der Waals surface area (Å²) in [6, 6.07) is 34.9. The summed E-state index contributed by atoms with van der Waals surface area (Å²) in [6.07, 6.45) is 1.66. The lowest BCUT2D eigenvalue weighted by Gasteiger charge is -2.18. The highest BCUT2D eigenvalue weighted by molar-refractivity contribution is 7.99. The third-order valence-corrected chi connectivity index (χ3v) is 6.07. The van der Waals surface area contributed by atoms with Crippen LogP contribution in [0, 0.1) is 0 Å². The summed E-state index contributed by atoms with van der Waals surface area (Å²) in [7, 11) is 0. The zero-order valence-corrected chi connectivity index (χ0v) is 16.9. The Balaban J connectivity index is 1.63. The standard InChI is InChI=1S/C25H19N3OS/c1-4-11-19(12-5-1)23(20-13-6-2-7-14-20)30-25-27-26-24(22-17-10-18-29-22)28(25)21-15-8-3-9-16-21/h1-18,23H. The molecule has 30 heavy (non-hydrogen) atoms. The molecule has 2 heterocycles. The molecule has 3 aromatic carbocycles. The van der Waals surface area contributed by atoms with Crippen molar-refractivity contribution in [3.05, 3.63) is 121 Å². The Bertz CT molecular complexity index is 1160. The van der Waals surface area contributed by atoms with E-state index in [9.17, 15) is 0 Å². The number of thioether (sulfide) groups is 1. The third-order valence-electron chi connectivity index (χ3n) is 4.82. The second kappa shape index (κ2) is 8.43. The van der Waals surface area contributed by atoms with Gasteiger partial charge >= 0.3 is 0 Å². The Hall–Kier alpha value is -3.57. The quantitative estimate of drug-likeness (QED) is 0.304. The largest absolute Gasteiger partial charge is 0.461 e. The number of furan rings is 1. The molecular weight excluding hydrogens is 390 g/mol. The molecule has 0 atom stereocenters. The maximum absolute atomic E-state index is 5.64. The molecule has 0 aliphatic carbocycles. The van der Waals surface area contributed by atoms with Crippen LogP contribution in [0.3, 0.4) is 0 Å². The summed E-state index contributed by atoms with van der Waals surface area (Å²) < 4.78 is 7.69. The predicted octanol–water partition coefficient (Wildman–Crippen LogP) is 6.41. The summed E-state index contributed by atoms with van der Waals surface area (Å²) in [5.41, 5.74) is 3.43. The molecule has 0 radical (unpaired) electrons. The molecule has 0 N–H and O–H groups in total. The molecule has 5 rings (SSSR count). The first-order valence-corrected chi connectivity index (χ1v) is 10.6. The van der Waals surface area contributed by atoms with Gasteiger partial charge in [0.05, 0.1) is 11.5 Å². The molecule has 0 aliphatic heterocycles. The second-order valence-corrected chi connectivity index (χ2v) is 7.85. The van der Waals surface area contributed by atoms with Crippen LogP contribution in [0.4, 0.5) is 0 Å². The van der Waals surface area contributed by atoms with Crippen molar-refractivity contribution in [2.75, 3.05) is 0 Å². The van der Waals surface area contributed by atoms with Crippen LogP contribution in [0.15, 0.2) is 119 Å². The molecule has 0 aliphatic rings. The highest BCUT2D eigenvalue weighted by Crippen LogP contribution is 2.41. The van der Waals surface area contributed by atoms with Crippen molar-refractivity contribution < 1.29 is 4.42 Å². The van der Waals surface area contributed by atoms with Crippen LogP contribution in [-0.4, -0.2) is 14.8 Å². The number of hydrogen-bond acceptors (Lipinski definition) is 4. The molecule has 0 saturated heterocycles. The fraction of sp³-hybridized carbons (Fsp3) is 0.0400. The predicted molar refractivity (Wildman–Crippen MR) is 120 cm³/mol. The van der Waals surface area contributed by atoms with Crippen LogP contribution in [0.25, 0.3) is 17.3 Å². The third kappa shape index (κ3) is 3.67. The number of aromatic nitrogens is 3. The lowest BCUT2D eigenvalue weighted by molar-refractivity contribution is 0.575. The van der Waals surface area contributed by atoms with Crippen LogP contribution in [0.5, 0.6) is 0 Å². The van der Waals surface area contributed by atoms with Crippen molar-refractivity contribution in [3.63, 3.8) is 0 Å². The van der Waals surface area contributed by atoms with E-state index in [2.05, 4.69) is 75.4 Å². The van der Waals surface area contributed by atoms with Crippen LogP contribution in [0.1, 0.15) is 16.4 Å². The fourth-order valence-corrected chi connectivity index (χ4v) is 4.59. The van der Waals surface area contributed by atoms with E-state index < -0.39 is 0 Å². The van der Waals surface area contributed by atoms with Gasteiger partial charge in [-0.25, -0.2) is 0 Å². The summed E-state index contributed by atoms with van der Waals surface area (Å²) in [5, 5.41) is 9.93. The van der Waals surface area contributed by atoms with Gasteiger partial charge in [0, 0.05) is 5.69 Å². The van der Waals surface area contributed by atoms with Gasteiger partial charge in [0.2, 0.25) is 5.82 Å². The van der Waals surface area contributed by atoms with E-state index in [-0.39, 0.29) is 5.25 Å². The van der Waals surface area contributed by atoms with Gasteiger partial charge in [0.25, 0.3) is 0 Å². The fourth-order valence-electron chi connectivity index (χ4n) is 3.41. The second-order valence-electron chi connectivity index (χ2n) is 6.77. The van der Waals surface area contributed by atoms with Crippen LogP contribution in [-0.2, 0) is 0 Å². The zero-order chi connectivity index (χ0) is 20.2. The van der Waals surface area contributed by atoms with E-state index in [0.29, 0.717) is 11.6 Å². The molecule has 0 spiro atoms. The average Bonchev–Trinajstić information content (AvgIpc) is 3.49. The summed E-state index contributed by atoms with van der Waals surface area (Å²) in [6.45, 7) is 0. The minimum Gasteiger partial charge on any atom is -0.461 e. The maximum atomic E-state index is 5.64. The smallest absolute Gasteiger partial charge is 0.205 e. The lowest BCUT2D eigenvalue weighted by atomic mass is 10.0. The Morgan fingerprint density at radius 1 is 0.667 bits per heavy atom. The van der Waals surface area contributed by atoms with E-state index in [1.165, 1.54) is 11.1 Å². The Kier molecular flexibility index (Phi) is 5.19. The lowest BCUT2D eigenvalue weighted by Crippen LogP contribution is -2.02. The topological polar surface area (TPSA) is 43.9 Å². The summed E-state index contributed by atoms with van der Waals surface area (Å²) in [5.74, 6) is 1.38. The Labute approximate surface area is 179 Å². The highest BCUT2D eigenvalue weighted by atomic mass is 32.2. The minimum atomic E-state index is 0.0866. The van der Waals surface area contributed by atoms with Gasteiger partial charge in [-0.05, 0) is 35.4 Å². The first kappa shape index (κ1) is 18.5. The summed E-state index contributed by atoms with van der Waals surface area (Å²) >= 11 is 1.68. The van der Waals surface area contributed by atoms with E-state index in [4.69, 9.17) is 4.42 Å². The van der Waals surface area contributed by atoms with E-state index in [1.807, 2.05) is 42.5 Å². The Morgan fingerprint density at radius 3 is 1.83 bits per heavy atom. The zero-order valence-electron chi connectivity index (χ0n) is 16.1. The van der Waals surface area contributed by atoms with Crippen molar-refractivity contribution in [1.29, 1.82) is 0 Å². The number of benzene rings is 3. The van der Waals surface area contributed by atoms with E-state index >= 15 is 0 Å². The molecular formula is C25H19N3OS. The van der Waals surface area contributed by atoms with Crippen LogP contribution < -0.4 is 0 Å². The molecule has 0 amide bonds. The number of para-hydroxylation sites is 1. The van der Waals surface area contributed by atoms with Crippen molar-refractivity contribution in [2.45, 2.75) is 10.4 Å². The van der Waals surface area contributed by atoms with Gasteiger partial charge in [0.1, 0.15) is 0 Å². The van der Waals surface area contributed by atoms with Gasteiger partial charge in [-0.3, -0.25) is 4.57 Å². The van der Waals surface area contributed by atoms with Crippen molar-refractivity contribution in [1.82, 2.24) is 14.8 Å². The number of hydrogen-bond donors (Lipinski definition) is 0. The molecule has 5 aromatic rings. The molecule has 0 saturated carbocycles. The Morgan fingerprint density at radius 2 is 1.27 bits per heavy atom. The van der Waals surface area contributed by atoms with Crippen molar-refractivity contribution >= 4 is 11.8 Å². The average molecular weight is 410 g/mol. The number of nitrogens with zero attached hydrogens (tertiary/aromatic N) is 3. The highest BCUT2D eigenvalue weighted by Gasteiger charge is 2.23. The minimum absolute atomic E-state index is 0.0866. The van der Waals surface area contributed by atoms with Gasteiger partial charge in [-0.1, -0.05) is 90.6 Å². The molecule has 0 bridgehead atoms. The number of rotatable bonds is 6. The van der Waals surface area contributed by atoms with Gasteiger partial charge < -0.3 is 4.42 Å². The molecule has 5 heteroatoms. The normalized spacial score (nSPS) is 11.1. The van der Waals surface area contributed by atoms with Gasteiger partial charge in [-0.15, -0.1) is 10.2 Å². The molecule has 0 unspecified atom stereocenters. The maximum Gasteiger partial charge on any atom is 0.205 e. The van der Waals surface area contributed by atoms with Crippen molar-refractivity contribution in [3.8, 4) is 17.3 Å². The van der Waals surface area contributed by atoms with Gasteiger partial charge in [0.15, 0.2) is 10.9 Å². The van der Waals surface area contributed by atoms with Crippen LogP contribution >= 0.6 is 11.8 Å². The molecule has 4 nitrogen and oxygen atoms in total. The summed E-state index contributed by atoms with van der Waals surface area (Å²) in [4.78, 5) is 0. The molecule has 2 aromatic heterocycles. The first-order valence-electron chi connectivity index (χ1n) is 9.71. The first-order chi connectivity index (χ1) is 14.9.